The lowest BCUT2D eigenvalue weighted by Crippen LogP contribution is -2.11. The fourth-order valence-electron chi connectivity index (χ4n) is 3.42. The molecular formula is C27H38N6. The number of rotatable bonds is 8. The number of nitrogens with one attached hydrogen (secondary N) is 3. The van der Waals surface area contributed by atoms with E-state index >= 15 is 0 Å². The van der Waals surface area contributed by atoms with E-state index in [4.69, 9.17) is 5.73 Å². The Morgan fingerprint density at radius 1 is 0.667 bits per heavy atom. The Labute approximate surface area is 198 Å². The summed E-state index contributed by atoms with van der Waals surface area (Å²) in [5.41, 5.74) is 10.1. The van der Waals surface area contributed by atoms with Crippen LogP contribution >= 0.6 is 0 Å². The maximum atomic E-state index is 5.59. The largest absolute Gasteiger partial charge is 0.370 e. The lowest BCUT2D eigenvalue weighted by atomic mass is 10.1. The summed E-state index contributed by atoms with van der Waals surface area (Å²) in [6, 6.07) is 20.7. The molecular weight excluding hydrogens is 408 g/mol. The second-order valence-electron chi connectivity index (χ2n) is 7.49. The minimum atomic E-state index is 0. The minimum Gasteiger partial charge on any atom is -0.370 e. The molecule has 2 aromatic carbocycles. The number of nitrogens with two attached hydrogens (primary N) is 1. The third-order valence-corrected chi connectivity index (χ3v) is 5.04. The molecule has 0 saturated carbocycles. The summed E-state index contributed by atoms with van der Waals surface area (Å²) < 4.78 is 0. The van der Waals surface area contributed by atoms with Gasteiger partial charge in [0, 0.05) is 37.0 Å². The number of hydrogen-bond donors (Lipinski definition) is 4. The van der Waals surface area contributed by atoms with Gasteiger partial charge in [0.15, 0.2) is 0 Å². The van der Waals surface area contributed by atoms with Crippen LogP contribution in [0.4, 0.5) is 11.6 Å². The molecule has 0 atom stereocenters. The molecule has 5 N–H and O–H groups in total. The van der Waals surface area contributed by atoms with Crippen molar-refractivity contribution in [3.63, 3.8) is 0 Å². The molecule has 6 nitrogen and oxygen atoms in total. The topological polar surface area (TPSA) is 87.9 Å². The minimum absolute atomic E-state index is 0. The molecule has 33 heavy (non-hydrogen) atoms. The van der Waals surface area contributed by atoms with E-state index in [-0.39, 0.29) is 7.43 Å². The summed E-state index contributed by atoms with van der Waals surface area (Å²) in [7, 11) is 0. The molecule has 0 radical (unpaired) electrons. The summed E-state index contributed by atoms with van der Waals surface area (Å²) in [6.45, 7) is 10.5. The quantitative estimate of drug-likeness (QED) is 0.284. The molecule has 0 fully saturated rings. The summed E-state index contributed by atoms with van der Waals surface area (Å²) in [5.74, 6) is 1.87. The van der Waals surface area contributed by atoms with Crippen molar-refractivity contribution in [2.45, 2.75) is 41.3 Å². The van der Waals surface area contributed by atoms with Crippen LogP contribution in [0.2, 0.25) is 0 Å². The molecule has 176 valence electrons. The van der Waals surface area contributed by atoms with Gasteiger partial charge in [-0.05, 0) is 80.1 Å². The molecule has 4 rings (SSSR count). The molecule has 2 heterocycles. The average molecular weight is 447 g/mol. The molecule has 0 unspecified atom stereocenters. The van der Waals surface area contributed by atoms with Gasteiger partial charge in [0.1, 0.15) is 11.6 Å². The van der Waals surface area contributed by atoms with Crippen LogP contribution in [0.1, 0.15) is 39.3 Å². The van der Waals surface area contributed by atoms with E-state index < -0.39 is 0 Å². The van der Waals surface area contributed by atoms with E-state index in [1.165, 1.54) is 10.9 Å². The Morgan fingerprint density at radius 3 is 1.67 bits per heavy atom. The number of hydrogen-bond acceptors (Lipinski definition) is 6. The number of benzene rings is 2. The number of nitrogens with zero attached hydrogens (tertiary/aromatic N) is 2. The molecule has 2 aromatic heterocycles. The smallest absolute Gasteiger partial charge is 0.126 e. The maximum Gasteiger partial charge on any atom is 0.126 e. The molecule has 0 aliphatic carbocycles. The predicted octanol–water partition coefficient (Wildman–Crippen LogP) is 5.54. The first-order valence-electron chi connectivity index (χ1n) is 11.3. The molecule has 0 aliphatic rings. The number of fused-ring (bicyclic) bond motifs is 2. The fraction of sp³-hybridized carbons (Fsp3) is 0.333. The van der Waals surface area contributed by atoms with Crippen molar-refractivity contribution in [2.75, 3.05) is 30.3 Å². The number of aromatic nitrogens is 2. The van der Waals surface area contributed by atoms with Crippen molar-refractivity contribution < 1.29 is 0 Å². The van der Waals surface area contributed by atoms with Crippen molar-refractivity contribution >= 4 is 33.4 Å². The van der Waals surface area contributed by atoms with Gasteiger partial charge in [-0.15, -0.1) is 0 Å². The van der Waals surface area contributed by atoms with E-state index in [9.17, 15) is 0 Å². The van der Waals surface area contributed by atoms with Crippen molar-refractivity contribution in [1.82, 2.24) is 15.3 Å². The van der Waals surface area contributed by atoms with Gasteiger partial charge in [-0.25, -0.2) is 9.97 Å². The first-order valence-corrected chi connectivity index (χ1v) is 11.3. The van der Waals surface area contributed by atoms with Crippen molar-refractivity contribution in [2.24, 2.45) is 5.73 Å². The van der Waals surface area contributed by atoms with Gasteiger partial charge in [0.2, 0.25) is 0 Å². The van der Waals surface area contributed by atoms with Crippen molar-refractivity contribution in [3.8, 4) is 0 Å². The lowest BCUT2D eigenvalue weighted by Gasteiger charge is -2.06. The second-order valence-corrected chi connectivity index (χ2v) is 7.49. The van der Waals surface area contributed by atoms with Crippen LogP contribution in [0.15, 0.2) is 60.7 Å². The fourth-order valence-corrected chi connectivity index (χ4v) is 3.42. The standard InChI is InChI=1S/C14H19N3.C12H15N3.CH4/c1-3-15-10-11-5-7-13-12(9-11)6-8-14(17-13)16-4-2;1-2-14-12-6-4-10-7-9(8-13)3-5-11(10)15-12;/h5-9,15H,3-4,10H2,1-2H3,(H,16,17);3-7H,2,8,13H2,1H3,(H,14,15);1H4. The zero-order valence-electron chi connectivity index (χ0n) is 19.3. The Balaban J connectivity index is 0.000000228. The van der Waals surface area contributed by atoms with E-state index in [2.05, 4.69) is 83.1 Å². The van der Waals surface area contributed by atoms with Gasteiger partial charge < -0.3 is 21.7 Å². The highest BCUT2D eigenvalue weighted by Crippen LogP contribution is 2.18. The van der Waals surface area contributed by atoms with Gasteiger partial charge in [0.25, 0.3) is 0 Å². The third-order valence-electron chi connectivity index (χ3n) is 5.04. The van der Waals surface area contributed by atoms with Crippen LogP contribution in [0.5, 0.6) is 0 Å². The molecule has 0 spiro atoms. The number of pyridine rings is 2. The SMILES string of the molecule is C.CCNCc1ccc2nc(NCC)ccc2c1.CCNc1ccc2cc(CN)ccc2n1. The molecule has 4 aromatic rings. The Morgan fingerprint density at radius 2 is 1.18 bits per heavy atom. The van der Waals surface area contributed by atoms with Crippen LogP contribution in [0.25, 0.3) is 21.8 Å². The van der Waals surface area contributed by atoms with E-state index in [1.54, 1.807) is 0 Å². The average Bonchev–Trinajstić information content (AvgIpc) is 2.83. The zero-order chi connectivity index (χ0) is 22.8. The molecule has 0 aliphatic heterocycles. The Kier molecular flexibility index (Phi) is 10.5. The second kappa shape index (κ2) is 13.4. The summed E-state index contributed by atoms with van der Waals surface area (Å²) in [4.78, 5) is 9.04. The van der Waals surface area contributed by atoms with Gasteiger partial charge in [-0.3, -0.25) is 0 Å². The normalized spacial score (nSPS) is 10.3. The number of anilines is 2. The van der Waals surface area contributed by atoms with Crippen LogP contribution < -0.4 is 21.7 Å². The molecule has 0 bridgehead atoms. The van der Waals surface area contributed by atoms with E-state index in [1.807, 2.05) is 24.3 Å². The van der Waals surface area contributed by atoms with Crippen LogP contribution in [-0.4, -0.2) is 29.6 Å². The van der Waals surface area contributed by atoms with Gasteiger partial charge in [-0.2, -0.15) is 0 Å². The highest BCUT2D eigenvalue weighted by Gasteiger charge is 2.00. The molecule has 0 amide bonds. The van der Waals surface area contributed by atoms with E-state index in [0.717, 1.165) is 59.8 Å². The Bertz CT molecular complexity index is 1140. The third kappa shape index (κ3) is 7.41. The highest BCUT2D eigenvalue weighted by molar-refractivity contribution is 5.81. The molecule has 0 saturated heterocycles. The lowest BCUT2D eigenvalue weighted by molar-refractivity contribution is 0.727. The Hall–Kier alpha value is -3.22. The maximum absolute atomic E-state index is 5.59. The van der Waals surface area contributed by atoms with E-state index in [0.29, 0.717) is 6.54 Å². The highest BCUT2D eigenvalue weighted by atomic mass is 15.0. The first-order chi connectivity index (χ1) is 15.7. The van der Waals surface area contributed by atoms with Crippen molar-refractivity contribution in [1.29, 1.82) is 0 Å². The summed E-state index contributed by atoms with van der Waals surface area (Å²) in [6.07, 6.45) is 0. The summed E-state index contributed by atoms with van der Waals surface area (Å²) >= 11 is 0. The first kappa shape index (κ1) is 26.0. The predicted molar refractivity (Wildman–Crippen MR) is 144 cm³/mol. The molecule has 6 heteroatoms. The zero-order valence-corrected chi connectivity index (χ0v) is 19.3. The van der Waals surface area contributed by atoms with Gasteiger partial charge in [-0.1, -0.05) is 26.5 Å². The van der Waals surface area contributed by atoms with Crippen LogP contribution in [-0.2, 0) is 13.1 Å². The van der Waals surface area contributed by atoms with Gasteiger partial charge >= 0.3 is 0 Å². The van der Waals surface area contributed by atoms with Crippen LogP contribution in [0, 0.1) is 0 Å². The van der Waals surface area contributed by atoms with Crippen LogP contribution in [0.3, 0.4) is 0 Å². The van der Waals surface area contributed by atoms with Gasteiger partial charge in [0.05, 0.1) is 11.0 Å². The summed E-state index contributed by atoms with van der Waals surface area (Å²) in [5, 5.41) is 12.1. The monoisotopic (exact) mass is 446 g/mol. The van der Waals surface area contributed by atoms with Crippen molar-refractivity contribution in [3.05, 3.63) is 71.8 Å².